The molecule has 0 aromatic heterocycles. The van der Waals surface area contributed by atoms with E-state index in [0.29, 0.717) is 6.54 Å². The number of rotatable bonds is 1. The lowest BCUT2D eigenvalue weighted by atomic mass is 10.5. The standard InChI is InChI=1S/C3H7N.Si/c1-2-3-4;/h2-3H2,1H3;. The summed E-state index contributed by atoms with van der Waals surface area (Å²) in [7, 11) is 0. The van der Waals surface area contributed by atoms with E-state index in [2.05, 4.69) is 0 Å². The highest BCUT2D eigenvalue weighted by atomic mass is 28.1. The van der Waals surface area contributed by atoms with Crippen LogP contribution in [0.15, 0.2) is 0 Å². The first-order valence-corrected chi connectivity index (χ1v) is 1.52. The summed E-state index contributed by atoms with van der Waals surface area (Å²) in [6.45, 7) is 2.25. The maximum atomic E-state index is 7.88. The van der Waals surface area contributed by atoms with Crippen LogP contribution in [0.4, 0.5) is 0 Å². The van der Waals surface area contributed by atoms with Crippen molar-refractivity contribution in [3.8, 4) is 0 Å². The number of hydrogen-bond donors (Lipinski definition) is 0. The zero-order valence-corrected chi connectivity index (χ0v) is 4.36. The maximum absolute atomic E-state index is 7.88. The van der Waals surface area contributed by atoms with Gasteiger partial charge in [-0.3, -0.25) is 0 Å². The second-order valence-corrected chi connectivity index (χ2v) is 0.724. The van der Waals surface area contributed by atoms with E-state index in [4.69, 9.17) is 5.73 Å². The lowest BCUT2D eigenvalue weighted by Gasteiger charge is -1.65. The van der Waals surface area contributed by atoms with E-state index in [9.17, 15) is 0 Å². The van der Waals surface area contributed by atoms with Crippen LogP contribution in [0.3, 0.4) is 0 Å². The van der Waals surface area contributed by atoms with Gasteiger partial charge in [-0.05, 0) is 6.42 Å². The maximum Gasteiger partial charge on any atom is 0.0319 e. The fraction of sp³-hybridized carbons (Fsp3) is 1.00. The van der Waals surface area contributed by atoms with E-state index in [1.165, 1.54) is 0 Å². The third kappa shape index (κ3) is 14.3. The van der Waals surface area contributed by atoms with Crippen LogP contribution in [0.25, 0.3) is 0 Å². The zero-order valence-electron chi connectivity index (χ0n) is 3.36. The lowest BCUT2D eigenvalue weighted by Crippen LogP contribution is -1.74. The minimum absolute atomic E-state index is 0. The first-order chi connectivity index (χ1) is 1.91. The van der Waals surface area contributed by atoms with Crippen LogP contribution in [-0.2, 0) is 0 Å². The van der Waals surface area contributed by atoms with E-state index in [0.717, 1.165) is 6.42 Å². The molecule has 0 saturated heterocycles. The number of nitrogens with zero attached hydrogens (tertiary/aromatic N) is 1. The average molecular weight is 85.2 g/mol. The Kier molecular flexibility index (Phi) is 15.9. The Hall–Kier alpha value is 0.177. The minimum Gasteiger partial charge on any atom is -0.145 e. The smallest absolute Gasteiger partial charge is 0.0319 e. The van der Waals surface area contributed by atoms with Gasteiger partial charge in [0.25, 0.3) is 0 Å². The molecule has 0 atom stereocenters. The molecule has 0 fully saturated rings. The lowest BCUT2D eigenvalue weighted by molar-refractivity contribution is 0.907. The molecular weight excluding hydrogens is 78.1 g/mol. The fourth-order valence-corrected chi connectivity index (χ4v) is 0. The van der Waals surface area contributed by atoms with Crippen LogP contribution in [0.2, 0.25) is 0 Å². The van der Waals surface area contributed by atoms with Gasteiger partial charge in [-0.1, -0.05) is 6.92 Å². The van der Waals surface area contributed by atoms with Crippen molar-refractivity contribution in [3.63, 3.8) is 0 Å². The molecule has 0 amide bonds. The molecule has 0 saturated carbocycles. The molecule has 0 spiro atoms. The molecule has 0 aliphatic carbocycles. The molecule has 5 heavy (non-hydrogen) atoms. The average Bonchev–Trinajstić information content (AvgIpc) is 1.37. The molecule has 0 heterocycles. The highest BCUT2D eigenvalue weighted by molar-refractivity contribution is 5.75. The summed E-state index contributed by atoms with van der Waals surface area (Å²) in [6.07, 6.45) is 0.875. The molecule has 0 rings (SSSR count). The summed E-state index contributed by atoms with van der Waals surface area (Å²) < 4.78 is 0. The Balaban J connectivity index is 0. The monoisotopic (exact) mass is 85.0 g/mol. The molecule has 28 valence electrons. The Bertz CT molecular complexity index is 8.85. The minimum atomic E-state index is 0. The van der Waals surface area contributed by atoms with Crippen molar-refractivity contribution in [1.82, 2.24) is 5.73 Å². The normalized spacial score (nSPS) is 6.00. The van der Waals surface area contributed by atoms with Crippen molar-refractivity contribution in [2.45, 2.75) is 13.3 Å². The van der Waals surface area contributed by atoms with Gasteiger partial charge < -0.3 is 0 Å². The Morgan fingerprint density at radius 2 is 1.80 bits per heavy atom. The van der Waals surface area contributed by atoms with Crippen molar-refractivity contribution in [2.75, 3.05) is 6.54 Å². The van der Waals surface area contributed by atoms with Gasteiger partial charge in [0.15, 0.2) is 0 Å². The molecule has 1 nitrogen and oxygen atoms in total. The highest BCUT2D eigenvalue weighted by Gasteiger charge is 1.59. The topological polar surface area (TPSA) is 22.3 Å². The van der Waals surface area contributed by atoms with Gasteiger partial charge in [0.1, 0.15) is 0 Å². The van der Waals surface area contributed by atoms with E-state index in [1.807, 2.05) is 6.92 Å². The summed E-state index contributed by atoms with van der Waals surface area (Å²) in [4.78, 5) is 0. The fourth-order valence-electron chi connectivity index (χ4n) is 0. The van der Waals surface area contributed by atoms with Gasteiger partial charge >= 0.3 is 0 Å². The van der Waals surface area contributed by atoms with Crippen LogP contribution in [0.5, 0.6) is 0 Å². The molecule has 6 radical (unpaired) electrons. The predicted molar refractivity (Wildman–Crippen MR) is 23.0 cm³/mol. The van der Waals surface area contributed by atoms with E-state index in [-0.39, 0.29) is 11.0 Å². The van der Waals surface area contributed by atoms with E-state index < -0.39 is 0 Å². The summed E-state index contributed by atoms with van der Waals surface area (Å²) in [6, 6.07) is 0. The van der Waals surface area contributed by atoms with Crippen LogP contribution < -0.4 is 5.73 Å². The molecule has 0 aromatic carbocycles. The molecule has 0 N–H and O–H groups in total. The zero-order chi connectivity index (χ0) is 3.41. The van der Waals surface area contributed by atoms with E-state index >= 15 is 0 Å². The predicted octanol–water partition coefficient (Wildman–Crippen LogP) is 0.0843. The van der Waals surface area contributed by atoms with Gasteiger partial charge in [-0.25, -0.2) is 0 Å². The summed E-state index contributed by atoms with van der Waals surface area (Å²) >= 11 is 0. The van der Waals surface area contributed by atoms with Crippen molar-refractivity contribution < 1.29 is 0 Å². The van der Waals surface area contributed by atoms with Crippen molar-refractivity contribution in [2.24, 2.45) is 0 Å². The molecule has 2 heteroatoms. The molecular formula is C3H7NSi. The number of hydrogen-bond acceptors (Lipinski definition) is 0. The Morgan fingerprint density at radius 1 is 1.60 bits per heavy atom. The van der Waals surface area contributed by atoms with Crippen molar-refractivity contribution >= 4 is 11.0 Å². The SMILES string of the molecule is CCC[N].[Si]. The molecule has 0 aromatic rings. The van der Waals surface area contributed by atoms with Gasteiger partial charge in [0, 0.05) is 17.5 Å². The van der Waals surface area contributed by atoms with Crippen LogP contribution in [0, 0.1) is 0 Å². The van der Waals surface area contributed by atoms with E-state index in [1.54, 1.807) is 0 Å². The van der Waals surface area contributed by atoms with Gasteiger partial charge in [-0.2, -0.15) is 0 Å². The third-order valence-corrected chi connectivity index (χ3v) is 0.224. The molecule has 0 aliphatic rings. The third-order valence-electron chi connectivity index (χ3n) is 0.224. The second-order valence-electron chi connectivity index (χ2n) is 0.724. The summed E-state index contributed by atoms with van der Waals surface area (Å²) in [5, 5.41) is 0. The quantitative estimate of drug-likeness (QED) is 0.402. The van der Waals surface area contributed by atoms with Gasteiger partial charge in [0.05, 0.1) is 0 Å². The van der Waals surface area contributed by atoms with Crippen LogP contribution >= 0.6 is 0 Å². The summed E-state index contributed by atoms with van der Waals surface area (Å²) in [5.41, 5.74) is 7.88. The molecule has 0 unspecified atom stereocenters. The Morgan fingerprint density at radius 3 is 1.80 bits per heavy atom. The van der Waals surface area contributed by atoms with Gasteiger partial charge in [0.2, 0.25) is 0 Å². The first-order valence-electron chi connectivity index (χ1n) is 1.52. The van der Waals surface area contributed by atoms with Crippen molar-refractivity contribution in [1.29, 1.82) is 0 Å². The molecule has 0 aliphatic heterocycles. The second kappa shape index (κ2) is 8.90. The summed E-state index contributed by atoms with van der Waals surface area (Å²) in [5.74, 6) is 0. The van der Waals surface area contributed by atoms with Crippen LogP contribution in [-0.4, -0.2) is 17.5 Å². The Labute approximate surface area is 37.6 Å². The first kappa shape index (κ1) is 8.95. The largest absolute Gasteiger partial charge is 0.145 e. The van der Waals surface area contributed by atoms with Crippen LogP contribution in [0.1, 0.15) is 13.3 Å². The van der Waals surface area contributed by atoms with Gasteiger partial charge in [-0.15, -0.1) is 5.73 Å². The van der Waals surface area contributed by atoms with Crippen molar-refractivity contribution in [3.05, 3.63) is 0 Å². The molecule has 0 bridgehead atoms. The highest BCUT2D eigenvalue weighted by Crippen LogP contribution is 1.60.